The Labute approximate surface area is 78.9 Å². The van der Waals surface area contributed by atoms with Crippen molar-refractivity contribution in [2.75, 3.05) is 0 Å². The van der Waals surface area contributed by atoms with Gasteiger partial charge in [0.15, 0.2) is 0 Å². The van der Waals surface area contributed by atoms with Crippen LogP contribution in [0.4, 0.5) is 35.1 Å². The van der Waals surface area contributed by atoms with Crippen molar-refractivity contribution in [1.82, 2.24) is 0 Å². The molecule has 0 fully saturated rings. The molecule has 0 saturated heterocycles. The first-order chi connectivity index (χ1) is 6.44. The Morgan fingerprint density at radius 2 is 1.27 bits per heavy atom. The molecule has 0 aliphatic heterocycles. The van der Waals surface area contributed by atoms with Crippen LogP contribution in [0, 0.1) is 0 Å². The van der Waals surface area contributed by atoms with Crippen molar-refractivity contribution >= 4 is 0 Å². The van der Waals surface area contributed by atoms with Gasteiger partial charge >= 0.3 is 18.3 Å². The summed E-state index contributed by atoms with van der Waals surface area (Å²) in [6.07, 6.45) is -12.3. The summed E-state index contributed by atoms with van der Waals surface area (Å²) >= 11 is 0. The molecular formula is C7H4F8. The number of halogens is 8. The lowest BCUT2D eigenvalue weighted by molar-refractivity contribution is -0.281. The molecule has 0 aromatic carbocycles. The summed E-state index contributed by atoms with van der Waals surface area (Å²) in [4.78, 5) is 0. The second-order valence-corrected chi connectivity index (χ2v) is 2.39. The van der Waals surface area contributed by atoms with Crippen LogP contribution >= 0.6 is 0 Å². The predicted octanol–water partition coefficient (Wildman–Crippen LogP) is 3.86. The van der Waals surface area contributed by atoms with Crippen LogP contribution in [-0.2, 0) is 0 Å². The van der Waals surface area contributed by atoms with Crippen molar-refractivity contribution in [2.45, 2.75) is 18.3 Å². The summed E-state index contributed by atoms with van der Waals surface area (Å²) < 4.78 is 95.0. The Morgan fingerprint density at radius 1 is 0.867 bits per heavy atom. The molecule has 15 heavy (non-hydrogen) atoms. The molecule has 0 saturated carbocycles. The SMILES string of the molecule is C=CC=C(C(F)(F)F)C(F)(F)C(F)(F)F. The summed E-state index contributed by atoms with van der Waals surface area (Å²) in [6.45, 7) is 2.63. The van der Waals surface area contributed by atoms with Gasteiger partial charge in [-0.15, -0.1) is 0 Å². The fourth-order valence-corrected chi connectivity index (χ4v) is 0.648. The average Bonchev–Trinajstić information content (AvgIpc) is 1.95. The third-order valence-corrected chi connectivity index (χ3v) is 1.28. The zero-order valence-corrected chi connectivity index (χ0v) is 6.89. The molecule has 0 atom stereocenters. The van der Waals surface area contributed by atoms with E-state index in [0.29, 0.717) is 0 Å². The minimum absolute atomic E-state index is 0.211. The fraction of sp³-hybridized carbons (Fsp3) is 0.429. The maximum atomic E-state index is 12.3. The lowest BCUT2D eigenvalue weighted by Crippen LogP contribution is -2.43. The summed E-state index contributed by atoms with van der Waals surface area (Å²) in [5.74, 6) is -5.94. The van der Waals surface area contributed by atoms with E-state index in [1.165, 1.54) is 0 Å². The van der Waals surface area contributed by atoms with Gasteiger partial charge in [0.2, 0.25) is 0 Å². The van der Waals surface area contributed by atoms with Gasteiger partial charge in [0.1, 0.15) is 5.57 Å². The third-order valence-electron chi connectivity index (χ3n) is 1.28. The molecule has 0 spiro atoms. The lowest BCUT2D eigenvalue weighted by Gasteiger charge is -2.23. The zero-order valence-electron chi connectivity index (χ0n) is 6.89. The summed E-state index contributed by atoms with van der Waals surface area (Å²) in [6, 6.07) is 0. The standard InChI is InChI=1S/C7H4F8/c1-2-3-4(6(10,11)12)5(8,9)7(13,14)15/h2-3H,1H2. The highest BCUT2D eigenvalue weighted by molar-refractivity contribution is 5.25. The van der Waals surface area contributed by atoms with E-state index in [0.717, 1.165) is 0 Å². The smallest absolute Gasteiger partial charge is 0.191 e. The minimum Gasteiger partial charge on any atom is -0.191 e. The Balaban J connectivity index is 5.49. The topological polar surface area (TPSA) is 0 Å². The molecule has 0 rings (SSSR count). The maximum absolute atomic E-state index is 12.3. The van der Waals surface area contributed by atoms with E-state index in [9.17, 15) is 35.1 Å². The van der Waals surface area contributed by atoms with Gasteiger partial charge in [-0.25, -0.2) is 0 Å². The van der Waals surface area contributed by atoms with Crippen LogP contribution in [0.3, 0.4) is 0 Å². The van der Waals surface area contributed by atoms with Crippen molar-refractivity contribution in [3.63, 3.8) is 0 Å². The number of rotatable bonds is 2. The Kier molecular flexibility index (Phi) is 3.55. The molecule has 0 amide bonds. The van der Waals surface area contributed by atoms with Crippen LogP contribution in [0.25, 0.3) is 0 Å². The highest BCUT2D eigenvalue weighted by atomic mass is 19.4. The van der Waals surface area contributed by atoms with Crippen molar-refractivity contribution < 1.29 is 35.1 Å². The first kappa shape index (κ1) is 13.9. The Bertz CT molecular complexity index is 266. The summed E-state index contributed by atoms with van der Waals surface area (Å²) in [7, 11) is 0. The Hall–Kier alpha value is -1.08. The molecule has 0 aliphatic carbocycles. The van der Waals surface area contributed by atoms with Crippen molar-refractivity contribution in [2.24, 2.45) is 0 Å². The molecule has 0 bridgehead atoms. The zero-order chi connectivity index (χ0) is 12.5. The van der Waals surface area contributed by atoms with Gasteiger partial charge in [0, 0.05) is 0 Å². The highest BCUT2D eigenvalue weighted by Crippen LogP contribution is 2.47. The van der Waals surface area contributed by atoms with E-state index in [-0.39, 0.29) is 6.08 Å². The average molecular weight is 240 g/mol. The molecule has 0 N–H and O–H groups in total. The largest absolute Gasteiger partial charge is 0.458 e. The monoisotopic (exact) mass is 240 g/mol. The van der Waals surface area contributed by atoms with Gasteiger partial charge in [-0.2, -0.15) is 35.1 Å². The van der Waals surface area contributed by atoms with Crippen LogP contribution in [0.1, 0.15) is 0 Å². The van der Waals surface area contributed by atoms with E-state index < -0.39 is 29.9 Å². The maximum Gasteiger partial charge on any atom is 0.458 e. The molecule has 0 aromatic heterocycles. The number of hydrogen-bond donors (Lipinski definition) is 0. The van der Waals surface area contributed by atoms with Gasteiger partial charge in [-0.05, 0) is 6.08 Å². The van der Waals surface area contributed by atoms with E-state index in [4.69, 9.17) is 0 Å². The second-order valence-electron chi connectivity index (χ2n) is 2.39. The van der Waals surface area contributed by atoms with Gasteiger partial charge in [0.05, 0.1) is 0 Å². The Morgan fingerprint density at radius 3 is 1.47 bits per heavy atom. The number of alkyl halides is 8. The first-order valence-corrected chi connectivity index (χ1v) is 3.29. The van der Waals surface area contributed by atoms with Gasteiger partial charge in [0.25, 0.3) is 0 Å². The van der Waals surface area contributed by atoms with Gasteiger partial charge in [-0.3, -0.25) is 0 Å². The molecule has 0 unspecified atom stereocenters. The molecule has 0 heterocycles. The van der Waals surface area contributed by atoms with Crippen molar-refractivity contribution in [1.29, 1.82) is 0 Å². The van der Waals surface area contributed by atoms with Crippen LogP contribution in [0.2, 0.25) is 0 Å². The minimum atomic E-state index is -6.29. The molecule has 0 radical (unpaired) electrons. The van der Waals surface area contributed by atoms with E-state index in [2.05, 4.69) is 6.58 Å². The number of allylic oxidation sites excluding steroid dienone is 3. The highest BCUT2D eigenvalue weighted by Gasteiger charge is 2.66. The lowest BCUT2D eigenvalue weighted by atomic mass is 10.1. The third kappa shape index (κ3) is 2.93. The molecule has 8 heteroatoms. The van der Waals surface area contributed by atoms with Crippen LogP contribution in [0.15, 0.2) is 24.3 Å². The molecule has 88 valence electrons. The van der Waals surface area contributed by atoms with Crippen molar-refractivity contribution in [3.05, 3.63) is 24.3 Å². The van der Waals surface area contributed by atoms with Crippen LogP contribution < -0.4 is 0 Å². The quantitative estimate of drug-likeness (QED) is 0.507. The van der Waals surface area contributed by atoms with Gasteiger partial charge in [-0.1, -0.05) is 12.7 Å². The number of hydrogen-bond acceptors (Lipinski definition) is 0. The second kappa shape index (κ2) is 3.82. The molecule has 0 aliphatic rings. The molecular weight excluding hydrogens is 236 g/mol. The predicted molar refractivity (Wildman–Crippen MR) is 35.3 cm³/mol. The van der Waals surface area contributed by atoms with Crippen LogP contribution in [-0.4, -0.2) is 18.3 Å². The summed E-state index contributed by atoms with van der Waals surface area (Å²) in [5.41, 5.74) is -2.99. The van der Waals surface area contributed by atoms with E-state index in [1.807, 2.05) is 0 Å². The van der Waals surface area contributed by atoms with Crippen molar-refractivity contribution in [3.8, 4) is 0 Å². The normalized spacial score (nSPS) is 15.3. The van der Waals surface area contributed by atoms with E-state index in [1.54, 1.807) is 0 Å². The first-order valence-electron chi connectivity index (χ1n) is 3.29. The summed E-state index contributed by atoms with van der Waals surface area (Å²) in [5, 5.41) is 0. The van der Waals surface area contributed by atoms with Gasteiger partial charge < -0.3 is 0 Å². The molecule has 0 aromatic rings. The van der Waals surface area contributed by atoms with E-state index >= 15 is 0 Å². The molecule has 0 nitrogen and oxygen atoms in total. The van der Waals surface area contributed by atoms with Crippen LogP contribution in [0.5, 0.6) is 0 Å². The fourth-order valence-electron chi connectivity index (χ4n) is 0.648.